The Balaban J connectivity index is 0. The van der Waals surface area contributed by atoms with E-state index in [1.807, 2.05) is 34.6 Å². The molecule has 0 radical (unpaired) electrons. The zero-order valence-corrected chi connectivity index (χ0v) is 18.6. The predicted octanol–water partition coefficient (Wildman–Crippen LogP) is 1.53. The van der Waals surface area contributed by atoms with E-state index in [1.165, 1.54) is 12.2 Å². The predicted molar refractivity (Wildman–Crippen MR) is 102 cm³/mol. The molecule has 26 heavy (non-hydrogen) atoms. The number of nitrogens with zero attached hydrogens (tertiary/aromatic N) is 2. The fraction of sp³-hybridized carbons (Fsp3) is 0.867. The summed E-state index contributed by atoms with van der Waals surface area (Å²) in [5.41, 5.74) is 0. The molecule has 0 aromatic rings. The van der Waals surface area contributed by atoms with Crippen molar-refractivity contribution in [2.45, 2.75) is 40.7 Å². The lowest BCUT2D eigenvalue weighted by molar-refractivity contribution is 0.0729. The first-order valence-corrected chi connectivity index (χ1v) is 12.5. The summed E-state index contributed by atoms with van der Waals surface area (Å²) in [6.45, 7) is 12.7. The van der Waals surface area contributed by atoms with Gasteiger partial charge in [0.05, 0.1) is 6.54 Å². The second kappa shape index (κ2) is 20.3. The topological polar surface area (TPSA) is 105 Å². The van der Waals surface area contributed by atoms with Gasteiger partial charge >= 0.3 is 18.1 Å². The molecular weight excluding hydrogens is 376 g/mol. The third-order valence-corrected chi connectivity index (χ3v) is 7.55. The van der Waals surface area contributed by atoms with Crippen molar-refractivity contribution < 1.29 is 31.7 Å². The van der Waals surface area contributed by atoms with Crippen LogP contribution in [0.5, 0.6) is 0 Å². The average molecular weight is 409 g/mol. The summed E-state index contributed by atoms with van der Waals surface area (Å²) in [4.78, 5) is 26.7. The van der Waals surface area contributed by atoms with Crippen LogP contribution < -0.4 is 0 Å². The van der Waals surface area contributed by atoms with Crippen LogP contribution in [0.2, 0.25) is 6.04 Å². The van der Waals surface area contributed by atoms with Gasteiger partial charge < -0.3 is 22.1 Å². The summed E-state index contributed by atoms with van der Waals surface area (Å²) in [5, 5.41) is 0. The van der Waals surface area contributed by atoms with Crippen molar-refractivity contribution in [3.8, 4) is 0 Å². The normalized spacial score (nSPS) is 10.5. The van der Waals surface area contributed by atoms with E-state index < -0.39 is 18.1 Å². The molecule has 0 aromatic heterocycles. The molecule has 0 aliphatic rings. The quantitative estimate of drug-likeness (QED) is 0.230. The molecule has 0 saturated carbocycles. The number of aliphatic imine (C=N–C) groups is 2. The zero-order valence-electron chi connectivity index (χ0n) is 16.5. The molecule has 0 aromatic carbocycles. The van der Waals surface area contributed by atoms with Crippen molar-refractivity contribution in [2.75, 3.05) is 45.7 Å². The van der Waals surface area contributed by atoms with Gasteiger partial charge in [0, 0.05) is 39.1 Å². The lowest BCUT2D eigenvalue weighted by atomic mass is 10.8. The fourth-order valence-corrected chi connectivity index (χ4v) is 5.47. The Hall–Kier alpha value is -1.01. The maximum Gasteiger partial charge on any atom is 0.524 e. The standard InChI is InChI=1S/C8H17NO4Si.C7H15NO3Si/c1-4-11-14(12-5-2,13-6-3)8-9-7-10;1-3-10-12(11-4-2)6-5-8-7-9/h4-6,8H2,1-3H3;12H,3-6H2,1-2H3. The van der Waals surface area contributed by atoms with Crippen molar-refractivity contribution >= 4 is 30.2 Å². The summed E-state index contributed by atoms with van der Waals surface area (Å²) < 4.78 is 27.0. The molecule has 0 unspecified atom stereocenters. The number of hydrogen-bond acceptors (Lipinski definition) is 9. The Bertz CT molecular complexity index is 394. The second-order valence-electron chi connectivity index (χ2n) is 4.49. The van der Waals surface area contributed by atoms with Gasteiger partial charge in [0.15, 0.2) is 0 Å². The van der Waals surface area contributed by atoms with E-state index in [0.29, 0.717) is 39.6 Å². The second-order valence-corrected chi connectivity index (χ2v) is 9.14. The Morgan fingerprint density at radius 2 is 1.23 bits per heavy atom. The Kier molecular flexibility index (Phi) is 21.3. The average Bonchev–Trinajstić information content (AvgIpc) is 2.62. The van der Waals surface area contributed by atoms with Crippen LogP contribution in [0.3, 0.4) is 0 Å². The van der Waals surface area contributed by atoms with Gasteiger partial charge in [0.1, 0.15) is 6.17 Å². The summed E-state index contributed by atoms with van der Waals surface area (Å²) >= 11 is 0. The number of rotatable bonds is 15. The van der Waals surface area contributed by atoms with Crippen LogP contribution in [0.1, 0.15) is 34.6 Å². The molecule has 0 atom stereocenters. The Morgan fingerprint density at radius 1 is 0.769 bits per heavy atom. The van der Waals surface area contributed by atoms with Crippen LogP contribution in [-0.2, 0) is 31.7 Å². The smallest absolute Gasteiger partial charge is 0.397 e. The highest BCUT2D eigenvalue weighted by atomic mass is 28.4. The van der Waals surface area contributed by atoms with Gasteiger partial charge in [-0.1, -0.05) is 0 Å². The van der Waals surface area contributed by atoms with E-state index in [-0.39, 0.29) is 6.17 Å². The minimum Gasteiger partial charge on any atom is -0.397 e. The van der Waals surface area contributed by atoms with Crippen molar-refractivity contribution in [3.63, 3.8) is 0 Å². The van der Waals surface area contributed by atoms with Gasteiger partial charge in [-0.15, -0.1) is 0 Å². The van der Waals surface area contributed by atoms with Crippen LogP contribution in [0.25, 0.3) is 0 Å². The van der Waals surface area contributed by atoms with Gasteiger partial charge in [-0.25, -0.2) is 19.6 Å². The highest BCUT2D eigenvalue weighted by Crippen LogP contribution is 2.10. The summed E-state index contributed by atoms with van der Waals surface area (Å²) in [6.07, 6.45) is 3.11. The van der Waals surface area contributed by atoms with Gasteiger partial charge in [0.25, 0.3) is 0 Å². The molecule has 0 rings (SSSR count). The first kappa shape index (κ1) is 27.2. The fourth-order valence-electron chi connectivity index (χ4n) is 1.85. The molecule has 0 saturated heterocycles. The SMILES string of the molecule is CCO[SiH](CCN=C=O)OCC.CCO[Si](CN=C=O)(OCC)OCC. The van der Waals surface area contributed by atoms with Gasteiger partial charge in [-0.3, -0.25) is 0 Å². The van der Waals surface area contributed by atoms with Crippen molar-refractivity contribution in [2.24, 2.45) is 9.98 Å². The van der Waals surface area contributed by atoms with E-state index in [1.54, 1.807) is 0 Å². The number of hydrogen-bond donors (Lipinski definition) is 0. The summed E-state index contributed by atoms with van der Waals surface area (Å²) in [5.74, 6) is 0. The largest absolute Gasteiger partial charge is 0.524 e. The molecule has 9 nitrogen and oxygen atoms in total. The van der Waals surface area contributed by atoms with E-state index in [9.17, 15) is 9.59 Å². The Morgan fingerprint density at radius 3 is 1.58 bits per heavy atom. The minimum atomic E-state index is -2.75. The van der Waals surface area contributed by atoms with Crippen LogP contribution in [0, 0.1) is 0 Å². The molecule has 0 aliphatic heterocycles. The lowest BCUT2D eigenvalue weighted by Crippen LogP contribution is -2.49. The minimum absolute atomic E-state index is 0.145. The third kappa shape index (κ3) is 15.3. The van der Waals surface area contributed by atoms with Gasteiger partial charge in [0.2, 0.25) is 12.2 Å². The van der Waals surface area contributed by atoms with Gasteiger partial charge in [-0.05, 0) is 34.6 Å². The van der Waals surface area contributed by atoms with Gasteiger partial charge in [-0.2, -0.15) is 0 Å². The van der Waals surface area contributed by atoms with E-state index in [0.717, 1.165) is 6.04 Å². The van der Waals surface area contributed by atoms with Crippen molar-refractivity contribution in [3.05, 3.63) is 0 Å². The van der Waals surface area contributed by atoms with Crippen LogP contribution in [0.4, 0.5) is 0 Å². The molecule has 0 aliphatic carbocycles. The van der Waals surface area contributed by atoms with Crippen LogP contribution in [-0.4, -0.2) is 76.0 Å². The highest BCUT2D eigenvalue weighted by Gasteiger charge is 2.40. The maximum atomic E-state index is 10.0. The molecule has 0 amide bonds. The molecule has 11 heteroatoms. The summed E-state index contributed by atoms with van der Waals surface area (Å²) in [6, 6.07) is 0.747. The van der Waals surface area contributed by atoms with E-state index in [4.69, 9.17) is 22.1 Å². The molecule has 0 fully saturated rings. The van der Waals surface area contributed by atoms with E-state index >= 15 is 0 Å². The highest BCUT2D eigenvalue weighted by molar-refractivity contribution is 6.61. The molecule has 0 N–H and O–H groups in total. The lowest BCUT2D eigenvalue weighted by Gasteiger charge is -2.26. The van der Waals surface area contributed by atoms with Crippen LogP contribution >= 0.6 is 0 Å². The van der Waals surface area contributed by atoms with Crippen molar-refractivity contribution in [1.29, 1.82) is 0 Å². The molecule has 0 spiro atoms. The van der Waals surface area contributed by atoms with Crippen molar-refractivity contribution in [1.82, 2.24) is 0 Å². The number of carbonyl (C=O) groups excluding carboxylic acids is 2. The first-order valence-electron chi connectivity index (χ1n) is 8.81. The molecular formula is C15H32N2O7Si2. The number of isocyanates is 2. The zero-order chi connectivity index (χ0) is 20.1. The monoisotopic (exact) mass is 408 g/mol. The first-order chi connectivity index (χ1) is 12.6. The Labute approximate surface area is 159 Å². The summed E-state index contributed by atoms with van der Waals surface area (Å²) in [7, 11) is -4.28. The van der Waals surface area contributed by atoms with E-state index in [2.05, 4.69) is 9.98 Å². The molecule has 152 valence electrons. The molecule has 0 bridgehead atoms. The third-order valence-electron chi connectivity index (χ3n) is 2.68. The van der Waals surface area contributed by atoms with Crippen LogP contribution in [0.15, 0.2) is 9.98 Å². The maximum absolute atomic E-state index is 10.0. The molecule has 0 heterocycles.